The summed E-state index contributed by atoms with van der Waals surface area (Å²) in [5.74, 6) is 0.0454. The first-order chi connectivity index (χ1) is 13.5. The van der Waals surface area contributed by atoms with E-state index >= 15 is 0 Å². The number of ether oxygens (including phenoxy) is 3. The molecule has 1 amide bonds. The van der Waals surface area contributed by atoms with Gasteiger partial charge in [0, 0.05) is 32.3 Å². The van der Waals surface area contributed by atoms with Gasteiger partial charge in [0.2, 0.25) is 5.91 Å². The van der Waals surface area contributed by atoms with Gasteiger partial charge in [0.05, 0.1) is 26.2 Å². The largest absolute Gasteiger partial charge is 0.381 e. The van der Waals surface area contributed by atoms with Gasteiger partial charge in [-0.2, -0.15) is 0 Å². The number of halogens is 1. The topological polar surface area (TPSA) is 51.2 Å². The molecule has 160 valence electrons. The van der Waals surface area contributed by atoms with Crippen LogP contribution in [0.5, 0.6) is 0 Å². The first-order valence-corrected chi connectivity index (χ1v) is 10.3. The van der Waals surface area contributed by atoms with Crippen LogP contribution in [-0.2, 0) is 25.4 Å². The predicted molar refractivity (Wildman–Crippen MR) is 113 cm³/mol. The summed E-state index contributed by atoms with van der Waals surface area (Å²) in [5, 5.41) is 0.745. The van der Waals surface area contributed by atoms with Gasteiger partial charge in [-0.15, -0.1) is 0 Å². The number of rotatable bonds is 15. The average molecular weight is 415 g/mol. The van der Waals surface area contributed by atoms with Gasteiger partial charge >= 0.3 is 0 Å². The number of methoxy groups -OCH3 is 2. The molecule has 0 unspecified atom stereocenters. The van der Waals surface area contributed by atoms with Crippen LogP contribution in [0.2, 0.25) is 5.02 Å². The Morgan fingerprint density at radius 1 is 1.07 bits per heavy atom. The molecule has 0 radical (unpaired) electrons. The number of hydrogen-bond acceptors (Lipinski definition) is 5. The second-order valence-corrected chi connectivity index (χ2v) is 6.88. The molecule has 28 heavy (non-hydrogen) atoms. The maximum Gasteiger partial charge on any atom is 0.225 e. The first-order valence-electron chi connectivity index (χ1n) is 9.92. The van der Waals surface area contributed by atoms with Crippen LogP contribution in [0.15, 0.2) is 24.3 Å². The molecule has 6 nitrogen and oxygen atoms in total. The number of likely N-dealkylation sites (N-methyl/N-ethyl adjacent to an activating group) is 1. The Bertz CT molecular complexity index is 551. The summed E-state index contributed by atoms with van der Waals surface area (Å²) in [6, 6.07) is 7.73. The van der Waals surface area contributed by atoms with Crippen molar-refractivity contribution in [2.75, 3.05) is 60.2 Å². The molecule has 0 aliphatic rings. The highest BCUT2D eigenvalue weighted by Gasteiger charge is 2.19. The van der Waals surface area contributed by atoms with Gasteiger partial charge in [0.25, 0.3) is 0 Å². The van der Waals surface area contributed by atoms with E-state index in [-0.39, 0.29) is 5.91 Å². The van der Waals surface area contributed by atoms with Crippen molar-refractivity contribution in [2.24, 2.45) is 0 Å². The van der Waals surface area contributed by atoms with Crippen molar-refractivity contribution in [3.63, 3.8) is 0 Å². The number of hydrogen-bond donors (Lipinski definition) is 0. The zero-order valence-corrected chi connectivity index (χ0v) is 18.4. The van der Waals surface area contributed by atoms with Crippen molar-refractivity contribution in [2.45, 2.75) is 33.0 Å². The van der Waals surface area contributed by atoms with Crippen LogP contribution in [0.25, 0.3) is 0 Å². The number of carbonyl (C=O) groups excluding carboxylic acids is 1. The first kappa shape index (κ1) is 24.9. The molecular weight excluding hydrogens is 380 g/mol. The normalized spacial score (nSPS) is 11.4. The molecule has 7 heteroatoms. The van der Waals surface area contributed by atoms with Crippen LogP contribution in [0.1, 0.15) is 25.8 Å². The van der Waals surface area contributed by atoms with Crippen LogP contribution < -0.4 is 0 Å². The smallest absolute Gasteiger partial charge is 0.225 e. The summed E-state index contributed by atoms with van der Waals surface area (Å²) in [4.78, 5) is 16.8. The highest BCUT2D eigenvalue weighted by Crippen LogP contribution is 2.15. The lowest BCUT2D eigenvalue weighted by molar-refractivity contribution is -0.146. The summed E-state index contributed by atoms with van der Waals surface area (Å²) >= 11 is 6.15. The van der Waals surface area contributed by atoms with E-state index in [9.17, 15) is 4.79 Å². The van der Waals surface area contributed by atoms with Crippen molar-refractivity contribution in [1.29, 1.82) is 0 Å². The maximum atomic E-state index is 12.7. The summed E-state index contributed by atoms with van der Waals surface area (Å²) in [6.07, 6.45) is 0.636. The zero-order chi connectivity index (χ0) is 20.8. The van der Waals surface area contributed by atoms with Gasteiger partial charge in [-0.1, -0.05) is 43.6 Å². The second-order valence-electron chi connectivity index (χ2n) is 6.47. The molecule has 1 aromatic carbocycles. The lowest BCUT2D eigenvalue weighted by atomic mass is 10.2. The van der Waals surface area contributed by atoms with Gasteiger partial charge in [-0.25, -0.2) is 0 Å². The minimum Gasteiger partial charge on any atom is -0.381 e. The lowest BCUT2D eigenvalue weighted by Crippen LogP contribution is -2.43. The molecule has 0 heterocycles. The minimum absolute atomic E-state index is 0.0454. The third-order valence-electron chi connectivity index (χ3n) is 4.76. The molecule has 0 spiro atoms. The average Bonchev–Trinajstić information content (AvgIpc) is 2.71. The Balaban J connectivity index is 2.44. The molecule has 0 aromatic heterocycles. The van der Waals surface area contributed by atoms with E-state index in [0.29, 0.717) is 32.7 Å². The Hall–Kier alpha value is -1.18. The van der Waals surface area contributed by atoms with Crippen LogP contribution >= 0.6 is 11.6 Å². The number of nitrogens with zero attached hydrogens (tertiary/aromatic N) is 2. The van der Waals surface area contributed by atoms with Gasteiger partial charge in [0.15, 0.2) is 6.29 Å². The van der Waals surface area contributed by atoms with Gasteiger partial charge in [0.1, 0.15) is 0 Å². The van der Waals surface area contributed by atoms with E-state index in [4.69, 9.17) is 25.8 Å². The van der Waals surface area contributed by atoms with Crippen molar-refractivity contribution in [3.8, 4) is 0 Å². The van der Waals surface area contributed by atoms with E-state index < -0.39 is 6.29 Å². The molecule has 0 saturated carbocycles. The fourth-order valence-corrected chi connectivity index (χ4v) is 3.08. The molecule has 0 saturated heterocycles. The quantitative estimate of drug-likeness (QED) is 0.326. The molecule has 1 rings (SSSR count). The maximum absolute atomic E-state index is 12.7. The Morgan fingerprint density at radius 2 is 1.75 bits per heavy atom. The van der Waals surface area contributed by atoms with E-state index in [2.05, 4.69) is 18.7 Å². The summed E-state index contributed by atoms with van der Waals surface area (Å²) in [5.41, 5.74) is 1.05. The molecular formula is C21H35ClN2O4. The van der Waals surface area contributed by atoms with Gasteiger partial charge in [-0.3, -0.25) is 4.79 Å². The van der Waals surface area contributed by atoms with Gasteiger partial charge < -0.3 is 24.0 Å². The fourth-order valence-electron chi connectivity index (χ4n) is 2.85. The van der Waals surface area contributed by atoms with Crippen molar-refractivity contribution in [1.82, 2.24) is 9.80 Å². The monoisotopic (exact) mass is 414 g/mol. The van der Waals surface area contributed by atoms with Crippen LogP contribution in [0, 0.1) is 0 Å². The Labute approximate surface area is 174 Å². The highest BCUT2D eigenvalue weighted by molar-refractivity contribution is 6.31. The fraction of sp³-hybridized carbons (Fsp3) is 0.667. The molecule has 0 bridgehead atoms. The Kier molecular flexibility index (Phi) is 13.1. The second kappa shape index (κ2) is 14.8. The van der Waals surface area contributed by atoms with E-state index in [0.717, 1.165) is 36.6 Å². The van der Waals surface area contributed by atoms with Gasteiger partial charge in [-0.05, 0) is 31.1 Å². The lowest BCUT2D eigenvalue weighted by Gasteiger charge is -2.29. The number of benzene rings is 1. The van der Waals surface area contributed by atoms with Crippen molar-refractivity contribution < 1.29 is 19.0 Å². The molecule has 0 fully saturated rings. The Morgan fingerprint density at radius 3 is 2.36 bits per heavy atom. The molecule has 0 atom stereocenters. The molecule has 0 aliphatic heterocycles. The number of amides is 1. The SMILES string of the molecule is CCN(CC)CCN(CC(OC)OC)C(=O)CCOCCc1ccccc1Cl. The summed E-state index contributed by atoms with van der Waals surface area (Å²) < 4.78 is 16.2. The van der Waals surface area contributed by atoms with Crippen molar-refractivity contribution in [3.05, 3.63) is 34.9 Å². The molecule has 0 aliphatic carbocycles. The third kappa shape index (κ3) is 9.34. The third-order valence-corrected chi connectivity index (χ3v) is 5.13. The zero-order valence-electron chi connectivity index (χ0n) is 17.7. The van der Waals surface area contributed by atoms with Crippen LogP contribution in [0.3, 0.4) is 0 Å². The van der Waals surface area contributed by atoms with Crippen molar-refractivity contribution >= 4 is 17.5 Å². The van der Waals surface area contributed by atoms with E-state index in [1.165, 1.54) is 0 Å². The standard InChI is InChI=1S/C21H35ClN2O4/c1-5-23(6-2)13-14-24(17-21(26-3)27-4)20(25)12-16-28-15-11-18-9-7-8-10-19(18)22/h7-10,21H,5-6,11-17H2,1-4H3. The number of carbonyl (C=O) groups is 1. The minimum atomic E-state index is -0.429. The van der Waals surface area contributed by atoms with Crippen LogP contribution in [0.4, 0.5) is 0 Å². The van der Waals surface area contributed by atoms with E-state index in [1.54, 1.807) is 19.1 Å². The van der Waals surface area contributed by atoms with Crippen LogP contribution in [-0.4, -0.2) is 82.2 Å². The molecule has 1 aromatic rings. The highest BCUT2D eigenvalue weighted by atomic mass is 35.5. The summed E-state index contributed by atoms with van der Waals surface area (Å²) in [6.45, 7) is 8.96. The molecule has 0 N–H and O–H groups in total. The predicted octanol–water partition coefficient (Wildman–Crippen LogP) is 3.08. The van der Waals surface area contributed by atoms with E-state index in [1.807, 2.05) is 24.3 Å². The summed E-state index contributed by atoms with van der Waals surface area (Å²) in [7, 11) is 3.16.